The van der Waals surface area contributed by atoms with Crippen molar-refractivity contribution in [2.24, 2.45) is 22.6 Å². The summed E-state index contributed by atoms with van der Waals surface area (Å²) in [5.74, 6) is -8.33. The Labute approximate surface area is 248 Å². The predicted molar refractivity (Wildman–Crippen MR) is 163 cm³/mol. The van der Waals surface area contributed by atoms with Crippen molar-refractivity contribution in [2.45, 2.75) is 85.5 Å². The summed E-state index contributed by atoms with van der Waals surface area (Å²) in [7, 11) is 1.00. The van der Waals surface area contributed by atoms with E-state index < -0.39 is 29.6 Å². The van der Waals surface area contributed by atoms with Gasteiger partial charge >= 0.3 is 5.97 Å². The number of amides is 1. The summed E-state index contributed by atoms with van der Waals surface area (Å²) >= 11 is 0. The van der Waals surface area contributed by atoms with Gasteiger partial charge in [-0.15, -0.1) is 0 Å². The maximum atomic E-state index is 14.0. The van der Waals surface area contributed by atoms with Crippen molar-refractivity contribution in [1.29, 1.82) is 0 Å². The minimum absolute atomic E-state index is 0.143. The van der Waals surface area contributed by atoms with Gasteiger partial charge in [-0.2, -0.15) is 0 Å². The molecule has 2 aliphatic rings. The molecule has 2 fully saturated rings. The summed E-state index contributed by atoms with van der Waals surface area (Å²) in [6, 6.07) is 1.98. The highest BCUT2D eigenvalue weighted by Gasteiger charge is 2.76. The number of carbonyl (C=O) groups excluding carboxylic acids is 2. The number of esters is 1. The normalized spacial score (nSPS) is 21.4. The Morgan fingerprint density at radius 3 is 2.36 bits per heavy atom. The number of hydrogen-bond donors (Lipinski definition) is 2. The van der Waals surface area contributed by atoms with Crippen molar-refractivity contribution >= 4 is 23.5 Å². The number of halogens is 2. The van der Waals surface area contributed by atoms with E-state index in [1.807, 2.05) is 40.7 Å². The minimum Gasteiger partial charge on any atom is -0.469 e. The number of allylic oxidation sites excluding steroid dienone is 5. The van der Waals surface area contributed by atoms with E-state index in [4.69, 9.17) is 10.7 Å². The van der Waals surface area contributed by atoms with E-state index in [1.54, 1.807) is 25.3 Å². The lowest BCUT2D eigenvalue weighted by Gasteiger charge is -2.21. The van der Waals surface area contributed by atoms with Gasteiger partial charge in [0.15, 0.2) is 0 Å². The average molecular weight is 586 g/mol. The second kappa shape index (κ2) is 15.5. The Morgan fingerprint density at radius 2 is 1.79 bits per heavy atom. The van der Waals surface area contributed by atoms with E-state index in [-0.39, 0.29) is 5.71 Å². The van der Waals surface area contributed by atoms with Crippen LogP contribution in [0.5, 0.6) is 0 Å². The molecule has 3 rings (SSSR count). The summed E-state index contributed by atoms with van der Waals surface area (Å²) in [4.78, 5) is 37.0. The molecule has 42 heavy (non-hydrogen) atoms. The molecule has 0 bridgehead atoms. The van der Waals surface area contributed by atoms with Crippen LogP contribution in [0.4, 0.5) is 14.7 Å². The van der Waals surface area contributed by atoms with Gasteiger partial charge < -0.3 is 15.8 Å². The number of nitrogens with zero attached hydrogens (tertiary/aromatic N) is 3. The van der Waals surface area contributed by atoms with E-state index in [2.05, 4.69) is 26.6 Å². The molecule has 0 saturated heterocycles. The molecule has 1 amide bonds. The van der Waals surface area contributed by atoms with Crippen molar-refractivity contribution < 1.29 is 23.1 Å². The summed E-state index contributed by atoms with van der Waals surface area (Å²) in [5.41, 5.74) is 11.0. The van der Waals surface area contributed by atoms with Crippen molar-refractivity contribution in [1.82, 2.24) is 9.97 Å². The van der Waals surface area contributed by atoms with Gasteiger partial charge in [0, 0.05) is 30.1 Å². The molecule has 8 nitrogen and oxygen atoms in total. The monoisotopic (exact) mass is 585 g/mol. The third kappa shape index (κ3) is 8.66. The first kappa shape index (κ1) is 34.5. The second-order valence-electron chi connectivity index (χ2n) is 10.6. The second-order valence-corrected chi connectivity index (χ2v) is 10.6. The lowest BCUT2D eigenvalue weighted by Crippen LogP contribution is -2.15. The van der Waals surface area contributed by atoms with Gasteiger partial charge in [-0.1, -0.05) is 45.8 Å². The van der Waals surface area contributed by atoms with Gasteiger partial charge in [-0.05, 0) is 75.0 Å². The molecular formula is C32H45F2N5O3. The fourth-order valence-corrected chi connectivity index (χ4v) is 4.90. The molecule has 0 radical (unpaired) electrons. The molecule has 0 spiro atoms. The van der Waals surface area contributed by atoms with E-state index >= 15 is 0 Å². The Hall–Kier alpha value is -3.69. The zero-order valence-electron chi connectivity index (χ0n) is 25.9. The van der Waals surface area contributed by atoms with E-state index in [9.17, 15) is 18.4 Å². The smallest absolute Gasteiger partial charge is 0.315 e. The molecule has 10 heteroatoms. The first-order valence-electron chi connectivity index (χ1n) is 14.5. The fourth-order valence-electron chi connectivity index (χ4n) is 4.90. The van der Waals surface area contributed by atoms with Crippen LogP contribution in [0.2, 0.25) is 0 Å². The summed E-state index contributed by atoms with van der Waals surface area (Å²) in [5, 5.41) is 3.29. The maximum absolute atomic E-state index is 14.0. The number of aromatic nitrogens is 2. The molecule has 2 saturated carbocycles. The van der Waals surface area contributed by atoms with Crippen LogP contribution in [0.3, 0.4) is 0 Å². The molecule has 1 aromatic heterocycles. The number of methoxy groups -OCH3 is 1. The highest BCUT2D eigenvalue weighted by atomic mass is 19.3. The van der Waals surface area contributed by atoms with Gasteiger partial charge in [-0.3, -0.25) is 9.59 Å². The average Bonchev–Trinajstić information content (AvgIpc) is 3.57. The van der Waals surface area contributed by atoms with Crippen molar-refractivity contribution in [3.05, 3.63) is 64.7 Å². The zero-order valence-corrected chi connectivity index (χ0v) is 25.9. The van der Waals surface area contributed by atoms with Crippen LogP contribution < -0.4 is 11.1 Å². The van der Waals surface area contributed by atoms with Crippen molar-refractivity contribution in [3.63, 3.8) is 0 Å². The first-order valence-corrected chi connectivity index (χ1v) is 14.5. The lowest BCUT2D eigenvalue weighted by atomic mass is 9.87. The number of aliphatic imine (C=N–C) groups is 1. The van der Waals surface area contributed by atoms with E-state index in [1.165, 1.54) is 19.3 Å². The van der Waals surface area contributed by atoms with Crippen LogP contribution in [0.1, 0.15) is 85.3 Å². The highest BCUT2D eigenvalue weighted by Crippen LogP contribution is 2.56. The SMILES string of the molecule is C=C(C)C(\C=C/C(C)=C(C)\C(CNc1nccc(C2CCCCC2)n1)=C(\C)N)=NC(=O)C1C(C(=O)OC)C1(F)F.CC. The van der Waals surface area contributed by atoms with Crippen molar-refractivity contribution in [3.8, 4) is 0 Å². The number of nitrogens with two attached hydrogens (primary N) is 1. The Morgan fingerprint density at radius 1 is 1.14 bits per heavy atom. The van der Waals surface area contributed by atoms with Gasteiger partial charge in [0.05, 0.1) is 12.8 Å². The van der Waals surface area contributed by atoms with Gasteiger partial charge in [0.2, 0.25) is 5.95 Å². The zero-order chi connectivity index (χ0) is 31.6. The summed E-state index contributed by atoms with van der Waals surface area (Å²) in [6.07, 6.45) is 11.1. The van der Waals surface area contributed by atoms with Crippen molar-refractivity contribution in [2.75, 3.05) is 19.0 Å². The molecule has 2 aliphatic carbocycles. The largest absolute Gasteiger partial charge is 0.469 e. The quantitative estimate of drug-likeness (QED) is 0.178. The molecular weight excluding hydrogens is 540 g/mol. The summed E-state index contributed by atoms with van der Waals surface area (Å²) in [6.45, 7) is 15.4. The van der Waals surface area contributed by atoms with Crippen LogP contribution in [-0.2, 0) is 14.3 Å². The number of alkyl halides is 2. The Kier molecular flexibility index (Phi) is 12.7. The minimum atomic E-state index is -3.48. The Balaban J connectivity index is 0.00000301. The standard InChI is InChI=1S/C30H39F2N5O3.C2H6/c1-17(2)23(36-27(38)25-26(28(39)40-6)30(25,31)32)13-12-18(3)19(4)22(20(5)33)16-35-29-34-15-14-24(37-29)21-10-8-7-9-11-21;1-2/h12-15,21,25-26H,1,7-11,16,33H2,2-6H3,(H,34,35,37);1-2H3/b13-12-,19-18-,22-20-,36-23?;. The third-order valence-electron chi connectivity index (χ3n) is 7.58. The number of carbonyl (C=O) groups is 2. The van der Waals surface area contributed by atoms with Gasteiger partial charge in [0.1, 0.15) is 11.8 Å². The van der Waals surface area contributed by atoms with E-state index in [0.29, 0.717) is 29.7 Å². The molecule has 0 aliphatic heterocycles. The molecule has 0 aromatic carbocycles. The van der Waals surface area contributed by atoms with Crippen LogP contribution >= 0.6 is 0 Å². The Bertz CT molecular complexity index is 1270. The van der Waals surface area contributed by atoms with Crippen LogP contribution in [-0.4, -0.2) is 47.1 Å². The number of nitrogens with one attached hydrogen (secondary N) is 1. The lowest BCUT2D eigenvalue weighted by molar-refractivity contribution is -0.145. The van der Waals surface area contributed by atoms with Gasteiger partial charge in [-0.25, -0.2) is 23.7 Å². The molecule has 2 unspecified atom stereocenters. The number of rotatable bonds is 10. The molecule has 3 N–H and O–H groups in total. The van der Waals surface area contributed by atoms with Crippen LogP contribution in [0.15, 0.2) is 64.0 Å². The molecule has 1 aromatic rings. The predicted octanol–water partition coefficient (Wildman–Crippen LogP) is 6.69. The van der Waals surface area contributed by atoms with E-state index in [0.717, 1.165) is 42.4 Å². The molecule has 230 valence electrons. The topological polar surface area (TPSA) is 120 Å². The fraction of sp³-hybridized carbons (Fsp3) is 0.531. The number of anilines is 1. The van der Waals surface area contributed by atoms with Gasteiger partial charge in [0.25, 0.3) is 11.8 Å². The molecule has 1 heterocycles. The maximum Gasteiger partial charge on any atom is 0.315 e. The highest BCUT2D eigenvalue weighted by molar-refractivity contribution is 6.13. The first-order chi connectivity index (χ1) is 19.9. The van der Waals surface area contributed by atoms with Crippen LogP contribution in [0.25, 0.3) is 0 Å². The van der Waals surface area contributed by atoms with Crippen LogP contribution in [0, 0.1) is 11.8 Å². The number of ether oxygens (including phenoxy) is 1. The third-order valence-corrected chi connectivity index (χ3v) is 7.58. The molecule has 2 atom stereocenters. The summed E-state index contributed by atoms with van der Waals surface area (Å²) < 4.78 is 32.4. The number of hydrogen-bond acceptors (Lipinski definition) is 7.